The third kappa shape index (κ3) is 5.06. The molecule has 1 heterocycles. The van der Waals surface area contributed by atoms with Gasteiger partial charge in [0.1, 0.15) is 0 Å². The van der Waals surface area contributed by atoms with Gasteiger partial charge in [0.15, 0.2) is 0 Å². The molecule has 4 rings (SSSR count). The maximum atomic E-state index is 12.2. The van der Waals surface area contributed by atoms with Crippen LogP contribution in [0.15, 0.2) is 72.8 Å². The topological polar surface area (TPSA) is 47.6 Å². The van der Waals surface area contributed by atoms with Crippen molar-refractivity contribution >= 4 is 22.5 Å². The Morgan fingerprint density at radius 1 is 0.793 bits per heavy atom. The van der Waals surface area contributed by atoms with Gasteiger partial charge in [0.2, 0.25) is 0 Å². The summed E-state index contributed by atoms with van der Waals surface area (Å²) in [4.78, 5) is 17.0. The molecule has 0 radical (unpaired) electrons. The van der Waals surface area contributed by atoms with Gasteiger partial charge in [-0.25, -0.2) is 4.79 Å². The van der Waals surface area contributed by atoms with Crippen molar-refractivity contribution in [2.45, 2.75) is 6.54 Å². The van der Waals surface area contributed by atoms with Crippen LogP contribution in [0.2, 0.25) is 0 Å². The predicted octanol–water partition coefficient (Wildman–Crippen LogP) is 3.46. The number of hydrogen-bond donors (Lipinski definition) is 2. The smallest absolute Gasteiger partial charge is 0.315 e. The molecule has 3 aromatic rings. The third-order valence-electron chi connectivity index (χ3n) is 5.53. The van der Waals surface area contributed by atoms with Crippen LogP contribution in [-0.2, 0) is 6.54 Å². The average molecular weight is 389 g/mol. The van der Waals surface area contributed by atoms with Crippen molar-refractivity contribution in [3.8, 4) is 0 Å². The van der Waals surface area contributed by atoms with E-state index in [0.29, 0.717) is 13.1 Å². The minimum atomic E-state index is -0.110. The van der Waals surface area contributed by atoms with Crippen LogP contribution >= 0.6 is 0 Å². The van der Waals surface area contributed by atoms with Gasteiger partial charge < -0.3 is 15.5 Å². The first-order valence-electron chi connectivity index (χ1n) is 10.3. The fraction of sp³-hybridized carbons (Fsp3) is 0.292. The van der Waals surface area contributed by atoms with E-state index in [2.05, 4.69) is 75.0 Å². The van der Waals surface area contributed by atoms with Crippen LogP contribution < -0.4 is 15.5 Å². The van der Waals surface area contributed by atoms with E-state index >= 15 is 0 Å². The molecular formula is C24H28N4O. The first kappa shape index (κ1) is 19.3. The Morgan fingerprint density at radius 3 is 2.34 bits per heavy atom. The summed E-state index contributed by atoms with van der Waals surface area (Å²) in [7, 11) is 0. The number of benzene rings is 3. The van der Waals surface area contributed by atoms with Gasteiger partial charge in [-0.15, -0.1) is 0 Å². The predicted molar refractivity (Wildman–Crippen MR) is 119 cm³/mol. The molecule has 0 saturated carbocycles. The van der Waals surface area contributed by atoms with Gasteiger partial charge in [0, 0.05) is 51.5 Å². The van der Waals surface area contributed by atoms with Crippen molar-refractivity contribution in [1.29, 1.82) is 0 Å². The number of piperazine rings is 1. The molecule has 2 amide bonds. The molecule has 0 spiro atoms. The molecule has 1 aliphatic heterocycles. The second kappa shape index (κ2) is 9.43. The normalized spacial score (nSPS) is 14.7. The summed E-state index contributed by atoms with van der Waals surface area (Å²) >= 11 is 0. The van der Waals surface area contributed by atoms with Gasteiger partial charge in [-0.1, -0.05) is 60.7 Å². The van der Waals surface area contributed by atoms with E-state index in [0.717, 1.165) is 38.3 Å². The quantitative estimate of drug-likeness (QED) is 0.680. The number of hydrogen-bond acceptors (Lipinski definition) is 3. The van der Waals surface area contributed by atoms with E-state index in [9.17, 15) is 4.79 Å². The Labute approximate surface area is 172 Å². The molecule has 0 unspecified atom stereocenters. The van der Waals surface area contributed by atoms with E-state index in [4.69, 9.17) is 0 Å². The second-order valence-electron chi connectivity index (χ2n) is 7.41. The van der Waals surface area contributed by atoms with Gasteiger partial charge in [-0.3, -0.25) is 4.90 Å². The second-order valence-corrected chi connectivity index (χ2v) is 7.41. The Bertz CT molecular complexity index is 931. The maximum absolute atomic E-state index is 12.2. The van der Waals surface area contributed by atoms with Crippen LogP contribution in [0.1, 0.15) is 5.56 Å². The number of carbonyl (C=O) groups excluding carboxylic acids is 1. The SMILES string of the molecule is O=C(NCCN1CCN(c2ccccc2)CC1)NCc1cccc2ccccc12. The standard InChI is InChI=1S/C24H28N4O/c29-24(26-19-21-9-6-8-20-7-4-5-12-23(20)21)25-13-14-27-15-17-28(18-16-27)22-10-2-1-3-11-22/h1-12H,13-19H2,(H2,25,26,29). The van der Waals surface area contributed by atoms with Crippen molar-refractivity contribution < 1.29 is 4.79 Å². The number of fused-ring (bicyclic) bond motifs is 1. The zero-order valence-corrected chi connectivity index (χ0v) is 16.7. The molecule has 1 fully saturated rings. The number of nitrogens with zero attached hydrogens (tertiary/aromatic N) is 2. The summed E-state index contributed by atoms with van der Waals surface area (Å²) in [6.07, 6.45) is 0. The Balaban J connectivity index is 1.17. The lowest BCUT2D eigenvalue weighted by atomic mass is 10.0. The summed E-state index contributed by atoms with van der Waals surface area (Å²) in [5.74, 6) is 0. The number of urea groups is 1. The molecule has 2 N–H and O–H groups in total. The monoisotopic (exact) mass is 388 g/mol. The minimum Gasteiger partial charge on any atom is -0.369 e. The molecule has 150 valence electrons. The molecule has 0 bridgehead atoms. The summed E-state index contributed by atoms with van der Waals surface area (Å²) in [5.41, 5.74) is 2.42. The zero-order chi connectivity index (χ0) is 19.9. The van der Waals surface area contributed by atoms with E-state index < -0.39 is 0 Å². The summed E-state index contributed by atoms with van der Waals surface area (Å²) in [6, 6.07) is 24.9. The Kier molecular flexibility index (Phi) is 6.27. The van der Waals surface area contributed by atoms with Crippen LogP contribution in [-0.4, -0.2) is 50.2 Å². The molecule has 3 aromatic carbocycles. The van der Waals surface area contributed by atoms with Gasteiger partial charge in [-0.05, 0) is 28.5 Å². The van der Waals surface area contributed by atoms with E-state index in [1.807, 2.05) is 18.2 Å². The van der Waals surface area contributed by atoms with Crippen molar-refractivity contribution in [1.82, 2.24) is 15.5 Å². The zero-order valence-electron chi connectivity index (χ0n) is 16.7. The maximum Gasteiger partial charge on any atom is 0.315 e. The van der Waals surface area contributed by atoms with E-state index in [-0.39, 0.29) is 6.03 Å². The summed E-state index contributed by atoms with van der Waals surface area (Å²) in [5, 5.41) is 8.35. The fourth-order valence-electron chi connectivity index (χ4n) is 3.88. The van der Waals surface area contributed by atoms with Crippen LogP contribution in [0, 0.1) is 0 Å². The highest BCUT2D eigenvalue weighted by Gasteiger charge is 2.16. The molecular weight excluding hydrogens is 360 g/mol. The average Bonchev–Trinajstić information content (AvgIpc) is 2.79. The Morgan fingerprint density at radius 2 is 1.52 bits per heavy atom. The van der Waals surface area contributed by atoms with E-state index in [1.165, 1.54) is 16.5 Å². The van der Waals surface area contributed by atoms with Gasteiger partial charge in [-0.2, -0.15) is 0 Å². The first-order chi connectivity index (χ1) is 14.3. The van der Waals surface area contributed by atoms with Crippen LogP contribution in [0.25, 0.3) is 10.8 Å². The number of amides is 2. The third-order valence-corrected chi connectivity index (χ3v) is 5.53. The lowest BCUT2D eigenvalue weighted by Gasteiger charge is -2.36. The number of rotatable bonds is 6. The summed E-state index contributed by atoms with van der Waals surface area (Å²) in [6.45, 7) is 6.16. The van der Waals surface area contributed by atoms with Crippen LogP contribution in [0.3, 0.4) is 0 Å². The highest BCUT2D eigenvalue weighted by atomic mass is 16.2. The van der Waals surface area contributed by atoms with E-state index in [1.54, 1.807) is 0 Å². The molecule has 0 aromatic heterocycles. The van der Waals surface area contributed by atoms with Crippen molar-refractivity contribution in [2.24, 2.45) is 0 Å². The molecule has 5 heteroatoms. The molecule has 0 aliphatic carbocycles. The molecule has 29 heavy (non-hydrogen) atoms. The lowest BCUT2D eigenvalue weighted by molar-refractivity contribution is 0.232. The van der Waals surface area contributed by atoms with Gasteiger partial charge in [0.25, 0.3) is 0 Å². The molecule has 1 saturated heterocycles. The number of carbonyl (C=O) groups is 1. The minimum absolute atomic E-state index is 0.110. The largest absolute Gasteiger partial charge is 0.369 e. The van der Waals surface area contributed by atoms with Crippen molar-refractivity contribution in [3.63, 3.8) is 0 Å². The lowest BCUT2D eigenvalue weighted by Crippen LogP contribution is -2.49. The highest BCUT2D eigenvalue weighted by Crippen LogP contribution is 2.18. The first-order valence-corrected chi connectivity index (χ1v) is 10.3. The van der Waals surface area contributed by atoms with Gasteiger partial charge >= 0.3 is 6.03 Å². The molecule has 1 aliphatic rings. The van der Waals surface area contributed by atoms with Crippen molar-refractivity contribution in [3.05, 3.63) is 78.4 Å². The van der Waals surface area contributed by atoms with Gasteiger partial charge in [0.05, 0.1) is 0 Å². The number of anilines is 1. The fourth-order valence-corrected chi connectivity index (χ4v) is 3.88. The number of para-hydroxylation sites is 1. The van der Waals surface area contributed by atoms with Crippen LogP contribution in [0.5, 0.6) is 0 Å². The van der Waals surface area contributed by atoms with Crippen LogP contribution in [0.4, 0.5) is 10.5 Å². The molecule has 0 atom stereocenters. The molecule has 5 nitrogen and oxygen atoms in total. The Hall–Kier alpha value is -3.05. The summed E-state index contributed by atoms with van der Waals surface area (Å²) < 4.78 is 0. The highest BCUT2D eigenvalue weighted by molar-refractivity contribution is 5.86. The number of nitrogens with one attached hydrogen (secondary N) is 2. The van der Waals surface area contributed by atoms with Crippen molar-refractivity contribution in [2.75, 3.05) is 44.2 Å².